The Balaban J connectivity index is 1.40. The number of carbonyl (C=O) groups excluding carboxylic acids is 2. The van der Waals surface area contributed by atoms with E-state index in [1.54, 1.807) is 14.0 Å². The van der Waals surface area contributed by atoms with Gasteiger partial charge in [0.2, 0.25) is 6.79 Å². The summed E-state index contributed by atoms with van der Waals surface area (Å²) in [6.07, 6.45) is 6.09. The van der Waals surface area contributed by atoms with Crippen LogP contribution in [0.25, 0.3) is 0 Å². The van der Waals surface area contributed by atoms with Gasteiger partial charge in [-0.1, -0.05) is 0 Å². The molecule has 9 heteroatoms. The molecular weight excluding hydrogens is 502 g/mol. The Morgan fingerprint density at radius 1 is 1.08 bits per heavy atom. The lowest BCUT2D eigenvalue weighted by Gasteiger charge is -2.44. The zero-order chi connectivity index (χ0) is 27.4. The highest BCUT2D eigenvalue weighted by Gasteiger charge is 2.60. The normalized spacial score (nSPS) is 32.4. The van der Waals surface area contributed by atoms with Crippen LogP contribution in [0.3, 0.4) is 0 Å². The van der Waals surface area contributed by atoms with Crippen LogP contribution >= 0.6 is 0 Å². The summed E-state index contributed by atoms with van der Waals surface area (Å²) in [6, 6.07) is 4.14. The molecule has 0 bridgehead atoms. The molecule has 1 unspecified atom stereocenters. The number of fused-ring (bicyclic) bond motifs is 3. The number of hydrogen-bond acceptors (Lipinski definition) is 9. The minimum absolute atomic E-state index is 0.181. The van der Waals surface area contributed by atoms with Crippen molar-refractivity contribution < 1.29 is 38.0 Å². The molecule has 1 aliphatic carbocycles. The summed E-state index contributed by atoms with van der Waals surface area (Å²) in [7, 11) is 1.63. The first-order valence-electron chi connectivity index (χ1n) is 14.2. The maximum absolute atomic E-state index is 14.2. The predicted octanol–water partition coefficient (Wildman–Crippen LogP) is 4.02. The Morgan fingerprint density at radius 3 is 2.62 bits per heavy atom. The van der Waals surface area contributed by atoms with Gasteiger partial charge in [-0.05, 0) is 95.2 Å². The minimum atomic E-state index is -1.42. The van der Waals surface area contributed by atoms with E-state index in [0.29, 0.717) is 17.9 Å². The van der Waals surface area contributed by atoms with E-state index in [1.807, 2.05) is 13.8 Å². The van der Waals surface area contributed by atoms with Crippen molar-refractivity contribution in [2.75, 3.05) is 33.6 Å². The van der Waals surface area contributed by atoms with Gasteiger partial charge < -0.3 is 28.4 Å². The summed E-state index contributed by atoms with van der Waals surface area (Å²) in [4.78, 5) is 29.4. The number of ether oxygens (including phenoxy) is 6. The number of methoxy groups -OCH3 is 1. The van der Waals surface area contributed by atoms with Gasteiger partial charge in [-0.3, -0.25) is 9.69 Å². The lowest BCUT2D eigenvalue weighted by atomic mass is 9.77. The molecule has 0 amide bonds. The van der Waals surface area contributed by atoms with Crippen molar-refractivity contribution >= 4 is 11.9 Å². The zero-order valence-electron chi connectivity index (χ0n) is 23.4. The van der Waals surface area contributed by atoms with Crippen molar-refractivity contribution in [2.24, 2.45) is 0 Å². The van der Waals surface area contributed by atoms with Gasteiger partial charge in [0.15, 0.2) is 23.2 Å². The minimum Gasteiger partial charge on any atom is -0.497 e. The molecule has 4 aliphatic heterocycles. The molecule has 1 spiro atoms. The van der Waals surface area contributed by atoms with E-state index in [2.05, 4.69) is 23.1 Å². The first kappa shape index (κ1) is 26.4. The number of hydrogen-bond donors (Lipinski definition) is 0. The number of benzene rings is 1. The molecule has 4 heterocycles. The van der Waals surface area contributed by atoms with E-state index in [-0.39, 0.29) is 31.3 Å². The number of rotatable bonds is 6. The second-order valence-electron chi connectivity index (χ2n) is 12.0. The van der Waals surface area contributed by atoms with E-state index in [9.17, 15) is 9.59 Å². The number of esters is 2. The molecule has 9 nitrogen and oxygen atoms in total. The highest BCUT2D eigenvalue weighted by atomic mass is 16.7. The first-order chi connectivity index (χ1) is 18.7. The summed E-state index contributed by atoms with van der Waals surface area (Å²) < 4.78 is 35.5. The smallest absolute Gasteiger partial charge is 0.339 e. The van der Waals surface area contributed by atoms with Crippen LogP contribution in [0.15, 0.2) is 24.0 Å². The van der Waals surface area contributed by atoms with Crippen molar-refractivity contribution in [1.82, 2.24) is 4.90 Å². The van der Waals surface area contributed by atoms with Gasteiger partial charge in [-0.2, -0.15) is 0 Å². The fourth-order valence-electron chi connectivity index (χ4n) is 7.53. The maximum atomic E-state index is 14.2. The number of nitrogens with zero attached hydrogens (tertiary/aromatic N) is 1. The second-order valence-corrected chi connectivity index (χ2v) is 12.0. The third-order valence-corrected chi connectivity index (χ3v) is 9.14. The van der Waals surface area contributed by atoms with Crippen molar-refractivity contribution in [2.45, 2.75) is 94.5 Å². The summed E-state index contributed by atoms with van der Waals surface area (Å²) >= 11 is 0. The molecule has 0 N–H and O–H groups in total. The summed E-state index contributed by atoms with van der Waals surface area (Å²) in [5.41, 5.74) is -0.0676. The van der Waals surface area contributed by atoms with Crippen LogP contribution in [0.4, 0.5) is 0 Å². The molecule has 5 aliphatic rings. The van der Waals surface area contributed by atoms with Crippen LogP contribution in [0.2, 0.25) is 0 Å². The molecule has 0 aromatic heterocycles. The summed E-state index contributed by atoms with van der Waals surface area (Å²) in [6.45, 7) is 7.95. The van der Waals surface area contributed by atoms with E-state index in [1.165, 1.54) is 5.56 Å². The first-order valence-corrected chi connectivity index (χ1v) is 14.2. The lowest BCUT2D eigenvalue weighted by Crippen LogP contribution is -2.54. The summed E-state index contributed by atoms with van der Waals surface area (Å²) in [5, 5.41) is 0. The second kappa shape index (κ2) is 9.70. The third-order valence-electron chi connectivity index (χ3n) is 9.14. The maximum Gasteiger partial charge on any atom is 0.339 e. The molecule has 0 saturated carbocycles. The Bertz CT molecular complexity index is 1190. The van der Waals surface area contributed by atoms with Gasteiger partial charge in [0.25, 0.3) is 0 Å². The Hall–Kier alpha value is -2.78. The zero-order valence-corrected chi connectivity index (χ0v) is 23.4. The van der Waals surface area contributed by atoms with Gasteiger partial charge in [-0.25, -0.2) is 4.79 Å². The monoisotopic (exact) mass is 541 g/mol. The van der Waals surface area contributed by atoms with Crippen LogP contribution < -0.4 is 9.47 Å². The molecule has 2 fully saturated rings. The average molecular weight is 542 g/mol. The van der Waals surface area contributed by atoms with Crippen molar-refractivity contribution in [3.8, 4) is 11.5 Å². The number of carbonyl (C=O) groups is 2. The van der Waals surface area contributed by atoms with E-state index in [0.717, 1.165) is 56.5 Å². The van der Waals surface area contributed by atoms with Crippen LogP contribution in [0, 0.1) is 0 Å². The van der Waals surface area contributed by atoms with Crippen LogP contribution in [-0.2, 0) is 35.0 Å². The Morgan fingerprint density at radius 2 is 1.87 bits per heavy atom. The standard InChI is InChI=1S/C30H39NO8/c1-5-35-24(32)17-30(11-6-9-28(2,3)39-30)27(33)38-26-23(34-4)16-29-10-7-12-31(29)13-8-19-14-21-22(37-18-36-21)15-20(19)25(26)29/h14-16,25-26H,5-13,17-18H2,1-4H3/t25-,26?,29+,30+/m1/s1. The molecule has 4 atom stereocenters. The van der Waals surface area contributed by atoms with Gasteiger partial charge in [0.1, 0.15) is 5.76 Å². The highest BCUT2D eigenvalue weighted by Crippen LogP contribution is 2.56. The lowest BCUT2D eigenvalue weighted by molar-refractivity contribution is -0.216. The Kier molecular flexibility index (Phi) is 6.57. The van der Waals surface area contributed by atoms with Crippen molar-refractivity contribution in [1.29, 1.82) is 0 Å². The van der Waals surface area contributed by atoms with E-state index >= 15 is 0 Å². The largest absolute Gasteiger partial charge is 0.497 e. The van der Waals surface area contributed by atoms with E-state index < -0.39 is 29.2 Å². The fraction of sp³-hybridized carbons (Fsp3) is 0.667. The Labute approximate surface area is 229 Å². The molecule has 1 aromatic carbocycles. The average Bonchev–Trinajstić information content (AvgIpc) is 3.57. The van der Waals surface area contributed by atoms with Crippen LogP contribution in [0.5, 0.6) is 11.5 Å². The topological polar surface area (TPSA) is 92.8 Å². The third kappa shape index (κ3) is 4.38. The molecule has 39 heavy (non-hydrogen) atoms. The van der Waals surface area contributed by atoms with Crippen LogP contribution in [0.1, 0.15) is 76.3 Å². The molecular formula is C30H39NO8. The molecule has 0 radical (unpaired) electrons. The predicted molar refractivity (Wildman–Crippen MR) is 141 cm³/mol. The van der Waals surface area contributed by atoms with Gasteiger partial charge in [0.05, 0.1) is 37.2 Å². The summed E-state index contributed by atoms with van der Waals surface area (Å²) in [5.74, 6) is 0.899. The van der Waals surface area contributed by atoms with Gasteiger partial charge in [-0.15, -0.1) is 0 Å². The van der Waals surface area contributed by atoms with E-state index in [4.69, 9.17) is 28.4 Å². The highest BCUT2D eigenvalue weighted by molar-refractivity contribution is 5.86. The molecule has 1 aromatic rings. The molecule has 212 valence electrons. The molecule has 6 rings (SSSR count). The fourth-order valence-corrected chi connectivity index (χ4v) is 7.53. The van der Waals surface area contributed by atoms with Gasteiger partial charge >= 0.3 is 11.9 Å². The SMILES string of the molecule is CCOC(=O)C[C@]1(C(=O)OC2C(OC)=C[C@]34CCCN3CCc3cc5c(cc3[C@H]24)OCO5)CCCC(C)(C)O1. The van der Waals surface area contributed by atoms with Crippen molar-refractivity contribution in [3.63, 3.8) is 0 Å². The van der Waals surface area contributed by atoms with Crippen LogP contribution in [-0.4, -0.2) is 73.3 Å². The van der Waals surface area contributed by atoms with Crippen molar-refractivity contribution in [3.05, 3.63) is 35.1 Å². The molecule has 2 saturated heterocycles. The van der Waals surface area contributed by atoms with Gasteiger partial charge in [0, 0.05) is 6.54 Å². The quantitative estimate of drug-likeness (QED) is 0.495.